The van der Waals surface area contributed by atoms with E-state index < -0.39 is 0 Å². The third kappa shape index (κ3) is 4.81. The molecule has 0 radical (unpaired) electrons. The number of hydrogen-bond acceptors (Lipinski definition) is 5. The van der Waals surface area contributed by atoms with E-state index in [0.29, 0.717) is 24.5 Å². The predicted octanol–water partition coefficient (Wildman–Crippen LogP) is 1.35. The normalized spacial score (nSPS) is 16.9. The molecule has 0 saturated carbocycles. The molecule has 0 unspecified atom stereocenters. The van der Waals surface area contributed by atoms with Gasteiger partial charge in [0.2, 0.25) is 0 Å². The molecule has 0 atom stereocenters. The number of piperidine rings is 1. The minimum atomic E-state index is 0.0640. The van der Waals surface area contributed by atoms with Crippen molar-refractivity contribution in [2.45, 2.75) is 18.9 Å². The summed E-state index contributed by atoms with van der Waals surface area (Å²) in [5.74, 6) is 0.820. The highest BCUT2D eigenvalue weighted by Crippen LogP contribution is 2.16. The van der Waals surface area contributed by atoms with Gasteiger partial charge >= 0.3 is 0 Å². The number of aliphatic hydroxyl groups is 1. The molecule has 0 aliphatic carbocycles. The molecule has 0 spiro atoms. The van der Waals surface area contributed by atoms with Gasteiger partial charge in [-0.3, -0.25) is 9.69 Å². The number of nitrogens with zero attached hydrogens (tertiary/aromatic N) is 1. The van der Waals surface area contributed by atoms with Gasteiger partial charge in [0.1, 0.15) is 5.75 Å². The van der Waals surface area contributed by atoms with Gasteiger partial charge in [-0.15, -0.1) is 0 Å². The lowest BCUT2D eigenvalue weighted by atomic mass is 10.1. The quantitative estimate of drug-likeness (QED) is 0.769. The first-order chi connectivity index (χ1) is 10.2. The second-order valence-electron chi connectivity index (χ2n) is 5.23. The number of aliphatic hydroxyl groups excluding tert-OH is 1. The standard InChI is InChI=1S/C16H23NO4/c1-20-15-4-2-3-13(11-15)16(19)12-17-7-5-14(6-8-17)21-10-9-18/h2-4,11,14,18H,5-10,12H2,1H3. The Bertz CT molecular complexity index is 455. The van der Waals surface area contributed by atoms with E-state index in [1.807, 2.05) is 18.2 Å². The summed E-state index contributed by atoms with van der Waals surface area (Å²) in [6.45, 7) is 2.60. The number of Topliss-reactive ketones (excluding diaryl/α,β-unsaturated/α-hetero) is 1. The topological polar surface area (TPSA) is 59.0 Å². The Balaban J connectivity index is 1.81. The minimum absolute atomic E-state index is 0.0640. The number of likely N-dealkylation sites (tertiary alicyclic amines) is 1. The summed E-state index contributed by atoms with van der Waals surface area (Å²) in [4.78, 5) is 14.4. The van der Waals surface area contributed by atoms with E-state index in [0.717, 1.165) is 25.9 Å². The lowest BCUT2D eigenvalue weighted by Gasteiger charge is -2.31. The molecule has 1 aliphatic heterocycles. The number of ketones is 1. The molecular weight excluding hydrogens is 270 g/mol. The van der Waals surface area contributed by atoms with Gasteiger partial charge < -0.3 is 14.6 Å². The average molecular weight is 293 g/mol. The number of rotatable bonds is 7. The van der Waals surface area contributed by atoms with Crippen LogP contribution in [0.25, 0.3) is 0 Å². The Kier molecular flexibility index (Phi) is 6.17. The van der Waals surface area contributed by atoms with E-state index in [1.165, 1.54) is 0 Å². The van der Waals surface area contributed by atoms with Gasteiger partial charge in [0.05, 0.1) is 33.0 Å². The Morgan fingerprint density at radius 2 is 2.14 bits per heavy atom. The average Bonchev–Trinajstić information content (AvgIpc) is 2.54. The molecule has 116 valence electrons. The van der Waals surface area contributed by atoms with Crippen LogP contribution in [0.2, 0.25) is 0 Å². The smallest absolute Gasteiger partial charge is 0.176 e. The van der Waals surface area contributed by atoms with Gasteiger partial charge in [0, 0.05) is 18.7 Å². The highest BCUT2D eigenvalue weighted by molar-refractivity contribution is 5.97. The van der Waals surface area contributed by atoms with Gasteiger partial charge in [-0.1, -0.05) is 12.1 Å². The highest BCUT2D eigenvalue weighted by Gasteiger charge is 2.21. The Morgan fingerprint density at radius 1 is 1.38 bits per heavy atom. The molecule has 1 aromatic carbocycles. The summed E-state index contributed by atoms with van der Waals surface area (Å²) in [7, 11) is 1.60. The van der Waals surface area contributed by atoms with Crippen LogP contribution in [0, 0.1) is 0 Å². The Morgan fingerprint density at radius 3 is 2.81 bits per heavy atom. The number of carbonyl (C=O) groups excluding carboxylic acids is 1. The summed E-state index contributed by atoms with van der Waals surface area (Å²) < 4.78 is 10.7. The van der Waals surface area contributed by atoms with Crippen LogP contribution in [0.4, 0.5) is 0 Å². The zero-order valence-corrected chi connectivity index (χ0v) is 12.5. The van der Waals surface area contributed by atoms with E-state index in [1.54, 1.807) is 13.2 Å². The third-order valence-corrected chi connectivity index (χ3v) is 3.74. The van der Waals surface area contributed by atoms with Crippen molar-refractivity contribution in [1.29, 1.82) is 0 Å². The van der Waals surface area contributed by atoms with Crippen molar-refractivity contribution in [2.24, 2.45) is 0 Å². The summed E-state index contributed by atoms with van der Waals surface area (Å²) >= 11 is 0. The predicted molar refractivity (Wildman–Crippen MR) is 79.8 cm³/mol. The van der Waals surface area contributed by atoms with E-state index >= 15 is 0 Å². The maximum atomic E-state index is 12.3. The van der Waals surface area contributed by atoms with Crippen molar-refractivity contribution in [2.75, 3.05) is 40.0 Å². The lowest BCUT2D eigenvalue weighted by molar-refractivity contribution is -0.00689. The molecule has 0 bridgehead atoms. The zero-order valence-electron chi connectivity index (χ0n) is 12.5. The molecule has 1 aliphatic rings. The number of methoxy groups -OCH3 is 1. The third-order valence-electron chi connectivity index (χ3n) is 3.74. The number of benzene rings is 1. The Hall–Kier alpha value is -1.43. The number of hydrogen-bond donors (Lipinski definition) is 1. The fourth-order valence-corrected chi connectivity index (χ4v) is 2.54. The van der Waals surface area contributed by atoms with E-state index in [-0.39, 0.29) is 18.5 Å². The van der Waals surface area contributed by atoms with Gasteiger partial charge in [0.25, 0.3) is 0 Å². The zero-order chi connectivity index (χ0) is 15.1. The fraction of sp³-hybridized carbons (Fsp3) is 0.562. The maximum Gasteiger partial charge on any atom is 0.176 e. The van der Waals surface area contributed by atoms with Crippen LogP contribution in [0.5, 0.6) is 5.75 Å². The molecule has 5 heteroatoms. The first kappa shape index (κ1) is 15.9. The van der Waals surface area contributed by atoms with Crippen LogP contribution in [-0.2, 0) is 4.74 Å². The second kappa shape index (κ2) is 8.12. The molecule has 1 fully saturated rings. The maximum absolute atomic E-state index is 12.3. The highest BCUT2D eigenvalue weighted by atomic mass is 16.5. The van der Waals surface area contributed by atoms with Crippen LogP contribution in [0.15, 0.2) is 24.3 Å². The molecule has 1 heterocycles. The summed E-state index contributed by atoms with van der Waals surface area (Å²) in [6, 6.07) is 7.27. The molecule has 1 aromatic rings. The summed E-state index contributed by atoms with van der Waals surface area (Å²) in [6.07, 6.45) is 2.02. The molecule has 5 nitrogen and oxygen atoms in total. The number of ether oxygens (including phenoxy) is 2. The largest absolute Gasteiger partial charge is 0.497 e. The summed E-state index contributed by atoms with van der Waals surface area (Å²) in [5.41, 5.74) is 0.688. The first-order valence-corrected chi connectivity index (χ1v) is 7.35. The van der Waals surface area contributed by atoms with Crippen LogP contribution >= 0.6 is 0 Å². The van der Waals surface area contributed by atoms with Crippen molar-refractivity contribution in [1.82, 2.24) is 4.90 Å². The van der Waals surface area contributed by atoms with Gasteiger partial charge in [0.15, 0.2) is 5.78 Å². The van der Waals surface area contributed by atoms with Gasteiger partial charge in [-0.05, 0) is 25.0 Å². The summed E-state index contributed by atoms with van der Waals surface area (Å²) in [5, 5.41) is 8.75. The molecule has 0 amide bonds. The van der Waals surface area contributed by atoms with E-state index in [4.69, 9.17) is 14.6 Å². The molecule has 1 saturated heterocycles. The van der Waals surface area contributed by atoms with Gasteiger partial charge in [-0.25, -0.2) is 0 Å². The van der Waals surface area contributed by atoms with Crippen LogP contribution in [-0.4, -0.2) is 61.9 Å². The van der Waals surface area contributed by atoms with E-state index in [2.05, 4.69) is 4.90 Å². The Labute approximate surface area is 125 Å². The van der Waals surface area contributed by atoms with Crippen LogP contribution in [0.1, 0.15) is 23.2 Å². The minimum Gasteiger partial charge on any atom is -0.497 e. The SMILES string of the molecule is COc1cccc(C(=O)CN2CCC(OCCO)CC2)c1. The van der Waals surface area contributed by atoms with Crippen molar-refractivity contribution in [3.05, 3.63) is 29.8 Å². The number of carbonyl (C=O) groups is 1. The van der Waals surface area contributed by atoms with Crippen LogP contribution < -0.4 is 4.74 Å². The molecular formula is C16H23NO4. The fourth-order valence-electron chi connectivity index (χ4n) is 2.54. The van der Waals surface area contributed by atoms with Gasteiger partial charge in [-0.2, -0.15) is 0 Å². The van der Waals surface area contributed by atoms with Crippen molar-refractivity contribution in [3.63, 3.8) is 0 Å². The van der Waals surface area contributed by atoms with Crippen molar-refractivity contribution < 1.29 is 19.4 Å². The van der Waals surface area contributed by atoms with Crippen LogP contribution in [0.3, 0.4) is 0 Å². The van der Waals surface area contributed by atoms with Crippen molar-refractivity contribution in [3.8, 4) is 5.75 Å². The second-order valence-corrected chi connectivity index (χ2v) is 5.23. The molecule has 0 aromatic heterocycles. The monoisotopic (exact) mass is 293 g/mol. The lowest BCUT2D eigenvalue weighted by Crippen LogP contribution is -2.40. The first-order valence-electron chi connectivity index (χ1n) is 7.35. The molecule has 2 rings (SSSR count). The molecule has 21 heavy (non-hydrogen) atoms. The van der Waals surface area contributed by atoms with E-state index in [9.17, 15) is 4.79 Å². The van der Waals surface area contributed by atoms with Crippen molar-refractivity contribution >= 4 is 5.78 Å². The molecule has 1 N–H and O–H groups in total.